The Kier molecular flexibility index (Phi) is 24.0. The zero-order valence-electron chi connectivity index (χ0n) is 23.5. The van der Waals surface area contributed by atoms with E-state index >= 15 is 0 Å². The monoisotopic (exact) mass is 518 g/mol. The van der Waals surface area contributed by atoms with Crippen molar-refractivity contribution in [1.82, 2.24) is 16.0 Å². The first-order chi connectivity index (χ1) is 17.1. The van der Waals surface area contributed by atoms with Crippen molar-refractivity contribution in [2.24, 2.45) is 5.92 Å². The molecule has 0 saturated carbocycles. The summed E-state index contributed by atoms with van der Waals surface area (Å²) in [5.74, 6) is -2.41. The maximum atomic E-state index is 12.4. The molecule has 0 unspecified atom stereocenters. The van der Waals surface area contributed by atoms with Gasteiger partial charge in [-0.05, 0) is 23.6 Å². The molecule has 0 bridgehead atoms. The van der Waals surface area contributed by atoms with Crippen molar-refractivity contribution in [3.8, 4) is 0 Å². The van der Waals surface area contributed by atoms with Crippen LogP contribution < -0.4 is 21.3 Å². The summed E-state index contributed by atoms with van der Waals surface area (Å²) in [5.41, 5.74) is 1.29. The highest BCUT2D eigenvalue weighted by Crippen LogP contribution is 2.10. The summed E-state index contributed by atoms with van der Waals surface area (Å²) >= 11 is 0. The molecular weight excluding hydrogens is 464 g/mol. The number of hydrogen-bond donors (Lipinski definition) is 4. The first kappa shape index (κ1) is 37.1. The van der Waals surface area contributed by atoms with Gasteiger partial charge in [0.25, 0.3) is 0 Å². The Morgan fingerprint density at radius 1 is 0.806 bits per heavy atom. The van der Waals surface area contributed by atoms with Crippen molar-refractivity contribution in [2.75, 3.05) is 18.4 Å². The minimum atomic E-state index is -0.848. The van der Waals surface area contributed by atoms with Crippen LogP contribution in [-0.2, 0) is 35.3 Å². The average Bonchev–Trinajstić information content (AvgIpc) is 2.87. The third-order valence-electron chi connectivity index (χ3n) is 3.87. The number of hydrogen-bond acceptors (Lipinski definition) is 6. The van der Waals surface area contributed by atoms with Crippen molar-refractivity contribution in [1.29, 1.82) is 0 Å². The number of carbonyl (C=O) groups excluding carboxylic acids is 5. The molecule has 0 heterocycles. The van der Waals surface area contributed by atoms with Gasteiger partial charge >= 0.3 is 5.97 Å². The molecule has 1 aromatic rings. The molecule has 0 fully saturated rings. The highest BCUT2D eigenvalue weighted by Gasteiger charge is 2.24. The molecule has 0 radical (unpaired) electrons. The van der Waals surface area contributed by atoms with Crippen LogP contribution in [0.5, 0.6) is 0 Å². The highest BCUT2D eigenvalue weighted by atomic mass is 16.5. The summed E-state index contributed by atoms with van der Waals surface area (Å²) in [6.45, 7) is 17.7. The minimum absolute atomic E-state index is 0. The molecule has 214 valence electrons. The number of benzene rings is 1. The fourth-order valence-corrected chi connectivity index (χ4v) is 2.32. The van der Waals surface area contributed by atoms with E-state index in [0.29, 0.717) is 5.69 Å². The summed E-state index contributed by atoms with van der Waals surface area (Å²) in [6.07, 6.45) is 0. The van der Waals surface area contributed by atoms with Gasteiger partial charge in [-0.1, -0.05) is 67.5 Å². The number of nitrogens with one attached hydrogen (secondary N) is 4. The average molecular weight is 519 g/mol. The number of amides is 4. The molecule has 1 rings (SSSR count). The Morgan fingerprint density at radius 3 is 1.75 bits per heavy atom. The number of ether oxygens (including phenoxy) is 1. The van der Waals surface area contributed by atoms with E-state index in [9.17, 15) is 24.0 Å². The van der Waals surface area contributed by atoms with Gasteiger partial charge in [0.15, 0.2) is 0 Å². The van der Waals surface area contributed by atoms with Crippen LogP contribution in [-0.4, -0.2) is 48.7 Å². The molecule has 1 aromatic carbocycles. The minimum Gasteiger partial charge on any atom is -0.461 e. The second-order valence-electron chi connectivity index (χ2n) is 6.94. The van der Waals surface area contributed by atoms with Crippen LogP contribution in [0.2, 0.25) is 0 Å². The molecule has 36 heavy (non-hydrogen) atoms. The molecule has 0 spiro atoms. The first-order valence-corrected chi connectivity index (χ1v) is 12.4. The van der Waals surface area contributed by atoms with E-state index in [-0.39, 0.29) is 43.2 Å². The van der Waals surface area contributed by atoms with Crippen LogP contribution in [0.25, 0.3) is 0 Å². The zero-order chi connectivity index (χ0) is 28.7. The molecule has 10 nitrogen and oxygen atoms in total. The van der Waals surface area contributed by atoms with Gasteiger partial charge in [-0.3, -0.25) is 24.0 Å². The van der Waals surface area contributed by atoms with E-state index in [2.05, 4.69) is 21.3 Å². The standard InChI is InChI=1S/C20H28N4O6.3C2H6.4H2/c1-12(2)19(24-18(28)9-21-13(3)25)20(29)22-10-17(27)23-16-7-5-15(6-8-16)11-30-14(4)26;3*1-2;;;;/h5-8,12,19H,9-11H2,1-4H3,(H,21,25)(H,22,29)(H,23,27)(H,24,28);3*1-2H3;4*1H/t19-;;;;;;;/m0......./s1. The molecule has 4 amide bonds. The number of esters is 1. The van der Waals surface area contributed by atoms with Crippen molar-refractivity contribution >= 4 is 35.3 Å². The van der Waals surface area contributed by atoms with E-state index in [1.54, 1.807) is 38.1 Å². The maximum absolute atomic E-state index is 12.4. The molecular formula is C26H54N4O6. The smallest absolute Gasteiger partial charge is 0.302 e. The van der Waals surface area contributed by atoms with Crippen molar-refractivity contribution < 1.29 is 34.4 Å². The fraction of sp³-hybridized carbons (Fsp3) is 0.577. The van der Waals surface area contributed by atoms with E-state index in [4.69, 9.17) is 4.74 Å². The lowest BCUT2D eigenvalue weighted by Gasteiger charge is -2.21. The molecule has 4 N–H and O–H groups in total. The number of rotatable bonds is 10. The largest absolute Gasteiger partial charge is 0.461 e. The van der Waals surface area contributed by atoms with Crippen LogP contribution >= 0.6 is 0 Å². The molecule has 0 aliphatic heterocycles. The van der Waals surface area contributed by atoms with E-state index in [1.807, 2.05) is 41.5 Å². The lowest BCUT2D eigenvalue weighted by Crippen LogP contribution is -2.52. The summed E-state index contributed by atoms with van der Waals surface area (Å²) in [6, 6.07) is 5.86. The number of anilines is 1. The lowest BCUT2D eigenvalue weighted by molar-refractivity contribution is -0.142. The Balaban J connectivity index is -0.000000203. The second kappa shape index (κ2) is 23.3. The molecule has 0 saturated heterocycles. The van der Waals surface area contributed by atoms with Gasteiger partial charge in [0.05, 0.1) is 13.1 Å². The predicted octanol–water partition coefficient (Wildman–Crippen LogP) is 4.14. The van der Waals surface area contributed by atoms with Crippen molar-refractivity contribution in [2.45, 2.75) is 81.9 Å². The van der Waals surface area contributed by atoms with Gasteiger partial charge in [0.1, 0.15) is 12.6 Å². The van der Waals surface area contributed by atoms with Crippen molar-refractivity contribution in [3.63, 3.8) is 0 Å². The second-order valence-corrected chi connectivity index (χ2v) is 6.94. The third-order valence-corrected chi connectivity index (χ3v) is 3.87. The molecule has 0 aliphatic rings. The van der Waals surface area contributed by atoms with Crippen LogP contribution in [0.15, 0.2) is 24.3 Å². The molecule has 10 heteroatoms. The Morgan fingerprint density at radius 2 is 1.31 bits per heavy atom. The number of carbonyl (C=O) groups is 5. The SMILES string of the molecule is CC.CC.CC.CC(=O)NCC(=O)N[C@H](C(=O)NCC(=O)Nc1ccc(COC(C)=O)cc1)C(C)C.[HH].[HH].[HH].[HH]. The van der Waals surface area contributed by atoms with E-state index < -0.39 is 23.8 Å². The van der Waals surface area contributed by atoms with Crippen LogP contribution in [0.4, 0.5) is 5.69 Å². The van der Waals surface area contributed by atoms with Gasteiger partial charge in [-0.25, -0.2) is 0 Å². The topological polar surface area (TPSA) is 143 Å². The van der Waals surface area contributed by atoms with Crippen molar-refractivity contribution in [3.05, 3.63) is 29.8 Å². The Labute approximate surface area is 222 Å². The lowest BCUT2D eigenvalue weighted by atomic mass is 10.0. The Bertz CT molecular complexity index is 798. The van der Waals surface area contributed by atoms with Gasteiger partial charge in [-0.15, -0.1) is 0 Å². The van der Waals surface area contributed by atoms with Gasteiger partial charge in [0.2, 0.25) is 23.6 Å². The first-order valence-electron chi connectivity index (χ1n) is 12.4. The van der Waals surface area contributed by atoms with E-state index in [1.165, 1.54) is 13.8 Å². The highest BCUT2D eigenvalue weighted by molar-refractivity contribution is 5.96. The molecule has 0 aromatic heterocycles. The van der Waals surface area contributed by atoms with Gasteiger partial charge in [0, 0.05) is 25.2 Å². The van der Waals surface area contributed by atoms with E-state index in [0.717, 1.165) is 5.56 Å². The molecule has 1 atom stereocenters. The molecule has 0 aliphatic carbocycles. The third kappa shape index (κ3) is 18.9. The fourth-order valence-electron chi connectivity index (χ4n) is 2.32. The quantitative estimate of drug-likeness (QED) is 0.343. The zero-order valence-corrected chi connectivity index (χ0v) is 23.5. The summed E-state index contributed by atoms with van der Waals surface area (Å²) in [5, 5.41) is 10.0. The normalized spacial score (nSPS) is 9.86. The van der Waals surface area contributed by atoms with Gasteiger partial charge in [-0.2, -0.15) is 0 Å². The van der Waals surface area contributed by atoms with Crippen LogP contribution in [0, 0.1) is 5.92 Å². The summed E-state index contributed by atoms with van der Waals surface area (Å²) in [7, 11) is 0. The van der Waals surface area contributed by atoms with Crippen LogP contribution in [0.1, 0.15) is 80.5 Å². The summed E-state index contributed by atoms with van der Waals surface area (Å²) in [4.78, 5) is 58.0. The van der Waals surface area contributed by atoms with Crippen LogP contribution in [0.3, 0.4) is 0 Å². The van der Waals surface area contributed by atoms with Gasteiger partial charge < -0.3 is 26.0 Å². The summed E-state index contributed by atoms with van der Waals surface area (Å²) < 4.78 is 4.89. The maximum Gasteiger partial charge on any atom is 0.302 e. The Hall–Kier alpha value is -3.43. The predicted molar refractivity (Wildman–Crippen MR) is 152 cm³/mol.